The van der Waals surface area contributed by atoms with Gasteiger partial charge in [0.15, 0.2) is 5.69 Å². The summed E-state index contributed by atoms with van der Waals surface area (Å²) in [5.41, 5.74) is 8.01. The first kappa shape index (κ1) is 19.7. The van der Waals surface area contributed by atoms with E-state index in [1.165, 1.54) is 5.56 Å². The fourth-order valence-electron chi connectivity index (χ4n) is 3.13. The van der Waals surface area contributed by atoms with Gasteiger partial charge in [0.1, 0.15) is 0 Å². The van der Waals surface area contributed by atoms with Gasteiger partial charge < -0.3 is 4.98 Å². The number of nitrogens with zero attached hydrogens (tertiary/aromatic N) is 2. The van der Waals surface area contributed by atoms with Crippen LogP contribution in [0.1, 0.15) is 5.56 Å². The second kappa shape index (κ2) is 8.76. The SMILES string of the molecule is [C-]#[N+]c1ccc(C)c(-c2ccc(-c3[c-]ccc(-c4ccccc4)c3)nc2)c1.[Ir]. The molecule has 4 aromatic rings. The van der Waals surface area contributed by atoms with Crippen LogP contribution in [0.15, 0.2) is 85.1 Å². The topological polar surface area (TPSA) is 17.2 Å². The van der Waals surface area contributed by atoms with E-state index in [0.717, 1.165) is 33.5 Å². The zero-order valence-electron chi connectivity index (χ0n) is 15.3. The van der Waals surface area contributed by atoms with Crippen molar-refractivity contribution in [1.29, 1.82) is 0 Å². The number of rotatable bonds is 3. The summed E-state index contributed by atoms with van der Waals surface area (Å²) >= 11 is 0. The largest absolute Gasteiger partial charge is 0.304 e. The third-order valence-electron chi connectivity index (χ3n) is 4.61. The van der Waals surface area contributed by atoms with Gasteiger partial charge in [0, 0.05) is 26.3 Å². The van der Waals surface area contributed by atoms with Crippen LogP contribution in [0.25, 0.3) is 38.4 Å². The zero-order valence-corrected chi connectivity index (χ0v) is 17.7. The third kappa shape index (κ3) is 4.10. The molecule has 137 valence electrons. The molecule has 3 aromatic carbocycles. The number of aromatic nitrogens is 1. The first-order valence-corrected chi connectivity index (χ1v) is 8.77. The molecule has 1 radical (unpaired) electrons. The van der Waals surface area contributed by atoms with Crippen LogP contribution in [0, 0.1) is 19.6 Å². The second-order valence-corrected chi connectivity index (χ2v) is 6.40. The molecule has 0 unspecified atom stereocenters. The van der Waals surface area contributed by atoms with Crippen molar-refractivity contribution in [2.75, 3.05) is 0 Å². The van der Waals surface area contributed by atoms with E-state index in [-0.39, 0.29) is 20.1 Å². The van der Waals surface area contributed by atoms with E-state index >= 15 is 0 Å². The maximum atomic E-state index is 7.22. The Morgan fingerprint density at radius 3 is 2.39 bits per heavy atom. The molecule has 0 saturated carbocycles. The van der Waals surface area contributed by atoms with E-state index in [2.05, 4.69) is 46.2 Å². The standard InChI is InChI=1S/C25H17N2.Ir/c1-18-11-13-23(26-2)16-24(18)22-12-14-25(27-17-22)21-10-6-9-20(15-21)19-7-4-3-5-8-19;/h3-9,11-17H,1H3;/q-1;. The predicted molar refractivity (Wildman–Crippen MR) is 110 cm³/mol. The van der Waals surface area contributed by atoms with Crippen molar-refractivity contribution in [2.45, 2.75) is 6.92 Å². The Bertz CT molecular complexity index is 1130. The van der Waals surface area contributed by atoms with Crippen molar-refractivity contribution in [2.24, 2.45) is 0 Å². The number of hydrogen-bond acceptors (Lipinski definition) is 1. The van der Waals surface area contributed by atoms with Gasteiger partial charge in [-0.25, -0.2) is 4.85 Å². The summed E-state index contributed by atoms with van der Waals surface area (Å²) in [5.74, 6) is 0. The molecular weight excluding hydrogens is 521 g/mol. The molecule has 0 amide bonds. The summed E-state index contributed by atoms with van der Waals surface area (Å²) in [6.07, 6.45) is 1.87. The fraction of sp³-hybridized carbons (Fsp3) is 0.0400. The van der Waals surface area contributed by atoms with Gasteiger partial charge in [0.25, 0.3) is 0 Å². The second-order valence-electron chi connectivity index (χ2n) is 6.40. The minimum Gasteiger partial charge on any atom is -0.304 e. The molecular formula is C25H17IrN2-. The van der Waals surface area contributed by atoms with Crippen molar-refractivity contribution >= 4 is 5.69 Å². The van der Waals surface area contributed by atoms with Crippen LogP contribution in [0.2, 0.25) is 0 Å². The number of benzene rings is 3. The molecule has 1 heterocycles. The zero-order chi connectivity index (χ0) is 18.6. The van der Waals surface area contributed by atoms with Gasteiger partial charge in [0.05, 0.1) is 6.57 Å². The molecule has 0 atom stereocenters. The van der Waals surface area contributed by atoms with Gasteiger partial charge in [-0.05, 0) is 40.9 Å². The van der Waals surface area contributed by atoms with Gasteiger partial charge in [-0.2, -0.15) is 0 Å². The summed E-state index contributed by atoms with van der Waals surface area (Å²) in [4.78, 5) is 8.17. The van der Waals surface area contributed by atoms with Crippen LogP contribution >= 0.6 is 0 Å². The quantitative estimate of drug-likeness (QED) is 0.265. The molecule has 0 spiro atoms. The van der Waals surface area contributed by atoms with Crippen LogP contribution in [-0.2, 0) is 20.1 Å². The molecule has 3 heteroatoms. The number of aryl methyl sites for hydroxylation is 1. The minimum atomic E-state index is 0. The van der Waals surface area contributed by atoms with Crippen molar-refractivity contribution in [3.8, 4) is 33.5 Å². The Morgan fingerprint density at radius 1 is 0.857 bits per heavy atom. The normalized spacial score (nSPS) is 10.0. The first-order chi connectivity index (χ1) is 13.2. The van der Waals surface area contributed by atoms with E-state index in [4.69, 9.17) is 6.57 Å². The Kier molecular flexibility index (Phi) is 6.16. The third-order valence-corrected chi connectivity index (χ3v) is 4.61. The summed E-state index contributed by atoms with van der Waals surface area (Å²) in [5, 5.41) is 0. The average Bonchev–Trinajstić information content (AvgIpc) is 2.75. The van der Waals surface area contributed by atoms with Gasteiger partial charge in [-0.15, -0.1) is 35.4 Å². The smallest absolute Gasteiger partial charge is 0.187 e. The summed E-state index contributed by atoms with van der Waals surface area (Å²) in [6.45, 7) is 9.27. The van der Waals surface area contributed by atoms with Gasteiger partial charge in [-0.1, -0.05) is 54.6 Å². The van der Waals surface area contributed by atoms with Crippen molar-refractivity contribution in [3.05, 3.63) is 108 Å². The fourth-order valence-corrected chi connectivity index (χ4v) is 3.13. The Labute approximate surface area is 179 Å². The van der Waals surface area contributed by atoms with E-state index in [0.29, 0.717) is 5.69 Å². The maximum absolute atomic E-state index is 7.22. The summed E-state index contributed by atoms with van der Waals surface area (Å²) in [7, 11) is 0. The molecule has 4 rings (SSSR count). The molecule has 0 fully saturated rings. The Balaban J connectivity index is 0.00000225. The van der Waals surface area contributed by atoms with Gasteiger partial charge in [-0.3, -0.25) is 0 Å². The Morgan fingerprint density at radius 2 is 1.68 bits per heavy atom. The molecule has 0 aliphatic carbocycles. The molecule has 0 aliphatic heterocycles. The van der Waals surface area contributed by atoms with E-state index in [1.54, 1.807) is 0 Å². The average molecular weight is 538 g/mol. The van der Waals surface area contributed by atoms with E-state index in [1.807, 2.05) is 61.7 Å². The van der Waals surface area contributed by atoms with Crippen LogP contribution in [0.3, 0.4) is 0 Å². The molecule has 1 aromatic heterocycles. The summed E-state index contributed by atoms with van der Waals surface area (Å²) < 4.78 is 0. The molecule has 2 nitrogen and oxygen atoms in total. The number of hydrogen-bond donors (Lipinski definition) is 0. The molecule has 0 saturated heterocycles. The monoisotopic (exact) mass is 538 g/mol. The molecule has 0 N–H and O–H groups in total. The van der Waals surface area contributed by atoms with Crippen molar-refractivity contribution < 1.29 is 20.1 Å². The van der Waals surface area contributed by atoms with Gasteiger partial charge >= 0.3 is 0 Å². The van der Waals surface area contributed by atoms with Gasteiger partial charge in [0.2, 0.25) is 0 Å². The van der Waals surface area contributed by atoms with Crippen LogP contribution in [-0.4, -0.2) is 4.98 Å². The molecule has 28 heavy (non-hydrogen) atoms. The minimum absolute atomic E-state index is 0. The van der Waals surface area contributed by atoms with Crippen LogP contribution < -0.4 is 0 Å². The molecule has 0 bridgehead atoms. The number of pyridine rings is 1. The van der Waals surface area contributed by atoms with Crippen LogP contribution in [0.5, 0.6) is 0 Å². The predicted octanol–water partition coefficient (Wildman–Crippen LogP) is 6.74. The summed E-state index contributed by atoms with van der Waals surface area (Å²) in [6, 6.07) is 29.5. The van der Waals surface area contributed by atoms with Crippen molar-refractivity contribution in [1.82, 2.24) is 4.98 Å². The van der Waals surface area contributed by atoms with Crippen molar-refractivity contribution in [3.63, 3.8) is 0 Å². The van der Waals surface area contributed by atoms with E-state index < -0.39 is 0 Å². The molecule has 0 aliphatic rings. The maximum Gasteiger partial charge on any atom is 0.187 e. The van der Waals surface area contributed by atoms with Crippen LogP contribution in [0.4, 0.5) is 5.69 Å². The Hall–Kier alpha value is -3.05. The first-order valence-electron chi connectivity index (χ1n) is 8.77. The van der Waals surface area contributed by atoms with E-state index in [9.17, 15) is 0 Å².